The molecule has 0 spiro atoms. The molecule has 0 bridgehead atoms. The molecule has 168 valence electrons. The number of hydrogen-bond donors (Lipinski definition) is 2. The van der Waals surface area contributed by atoms with E-state index in [2.05, 4.69) is 26.6 Å². The number of rotatable bonds is 5. The molecule has 0 saturated heterocycles. The summed E-state index contributed by atoms with van der Waals surface area (Å²) >= 11 is 8.71. The third kappa shape index (κ3) is 5.23. The van der Waals surface area contributed by atoms with Crippen molar-refractivity contribution in [3.63, 3.8) is 0 Å². The van der Waals surface area contributed by atoms with Crippen LogP contribution in [0, 0.1) is 13.8 Å². The van der Waals surface area contributed by atoms with Gasteiger partial charge in [-0.1, -0.05) is 24.3 Å². The maximum atomic E-state index is 12.6. The van der Waals surface area contributed by atoms with Crippen LogP contribution in [0.2, 0.25) is 0 Å². The fourth-order valence-electron chi connectivity index (χ4n) is 3.74. The summed E-state index contributed by atoms with van der Waals surface area (Å²) in [6.07, 6.45) is 0. The Kier molecular flexibility index (Phi) is 6.76. The van der Waals surface area contributed by atoms with Crippen molar-refractivity contribution in [2.24, 2.45) is 0 Å². The highest BCUT2D eigenvalue weighted by molar-refractivity contribution is 9.10. The van der Waals surface area contributed by atoms with Crippen LogP contribution >= 0.6 is 28.1 Å². The molecule has 0 aliphatic carbocycles. The largest absolute Gasteiger partial charge is 0.482 e. The van der Waals surface area contributed by atoms with Gasteiger partial charge in [0, 0.05) is 16.9 Å². The minimum absolute atomic E-state index is 0.00968. The maximum Gasteiger partial charge on any atom is 0.264 e. The molecule has 33 heavy (non-hydrogen) atoms. The predicted octanol–water partition coefficient (Wildman–Crippen LogP) is 5.12. The monoisotopic (exact) mass is 523 g/mol. The molecule has 0 aromatic heterocycles. The van der Waals surface area contributed by atoms with Gasteiger partial charge in [0.15, 0.2) is 11.7 Å². The van der Waals surface area contributed by atoms with Crippen LogP contribution in [-0.2, 0) is 11.3 Å². The smallest absolute Gasteiger partial charge is 0.264 e. The summed E-state index contributed by atoms with van der Waals surface area (Å²) in [5, 5.41) is 5.76. The van der Waals surface area contributed by atoms with Gasteiger partial charge in [0.1, 0.15) is 5.75 Å². The molecule has 0 radical (unpaired) electrons. The molecule has 1 aliphatic heterocycles. The summed E-state index contributed by atoms with van der Waals surface area (Å²) in [5.74, 6) is 0.254. The highest BCUT2D eigenvalue weighted by Gasteiger charge is 2.27. The van der Waals surface area contributed by atoms with Crippen molar-refractivity contribution in [3.05, 3.63) is 87.4 Å². The van der Waals surface area contributed by atoms with Gasteiger partial charge in [0.05, 0.1) is 11.0 Å². The average Bonchev–Trinajstić information content (AvgIpc) is 3.10. The Morgan fingerprint density at radius 3 is 2.55 bits per heavy atom. The summed E-state index contributed by atoms with van der Waals surface area (Å²) in [5.41, 5.74) is 5.29. The molecule has 1 heterocycles. The lowest BCUT2D eigenvalue weighted by Crippen LogP contribution is -2.37. The van der Waals surface area contributed by atoms with Crippen LogP contribution in [-0.4, -0.2) is 23.5 Å². The van der Waals surface area contributed by atoms with Crippen molar-refractivity contribution < 1.29 is 14.3 Å². The molecule has 6 nitrogen and oxygen atoms in total. The lowest BCUT2D eigenvalue weighted by molar-refractivity contribution is -0.121. The molecule has 8 heteroatoms. The summed E-state index contributed by atoms with van der Waals surface area (Å²) in [7, 11) is 0. The number of anilines is 2. The SMILES string of the molecule is Cc1cc(C)c(OCC(=O)NC(=S)Nc2ccc(N3Cc4ccccc4C3=O)cc2)c(Br)c1. The molecule has 3 aromatic rings. The van der Waals surface area contributed by atoms with E-state index in [1.165, 1.54) is 0 Å². The zero-order valence-electron chi connectivity index (χ0n) is 18.1. The van der Waals surface area contributed by atoms with E-state index in [4.69, 9.17) is 17.0 Å². The van der Waals surface area contributed by atoms with Gasteiger partial charge in [0.25, 0.3) is 11.8 Å². The summed E-state index contributed by atoms with van der Waals surface area (Å²) in [6.45, 7) is 4.30. The summed E-state index contributed by atoms with van der Waals surface area (Å²) < 4.78 is 6.46. The third-order valence-corrected chi connectivity index (χ3v) is 6.03. The summed E-state index contributed by atoms with van der Waals surface area (Å²) in [4.78, 5) is 26.6. The Hall–Kier alpha value is -3.23. The van der Waals surface area contributed by atoms with E-state index in [-0.39, 0.29) is 23.5 Å². The topological polar surface area (TPSA) is 70.7 Å². The van der Waals surface area contributed by atoms with Crippen molar-refractivity contribution in [3.8, 4) is 5.75 Å². The average molecular weight is 524 g/mol. The number of nitrogens with zero attached hydrogens (tertiary/aromatic N) is 1. The number of carbonyl (C=O) groups excluding carboxylic acids is 2. The van der Waals surface area contributed by atoms with E-state index < -0.39 is 0 Å². The first-order chi connectivity index (χ1) is 15.8. The molecule has 2 N–H and O–H groups in total. The molecule has 4 rings (SSSR count). The second-order valence-electron chi connectivity index (χ2n) is 7.78. The Morgan fingerprint density at radius 1 is 1.12 bits per heavy atom. The first-order valence-corrected chi connectivity index (χ1v) is 11.5. The molecular weight excluding hydrogens is 502 g/mol. The van der Waals surface area contributed by atoms with E-state index in [1.807, 2.05) is 74.5 Å². The van der Waals surface area contributed by atoms with Gasteiger partial charge < -0.3 is 15.0 Å². The van der Waals surface area contributed by atoms with E-state index in [1.54, 1.807) is 4.90 Å². The van der Waals surface area contributed by atoms with Gasteiger partial charge in [-0.05, 0) is 95.1 Å². The number of thiocarbonyl (C=S) groups is 1. The standard InChI is InChI=1S/C25H22BrN3O3S/c1-15-11-16(2)23(21(26)12-15)32-14-22(30)28-25(33)27-18-7-9-19(10-8-18)29-13-17-5-3-4-6-20(17)24(29)31/h3-12H,13-14H2,1-2H3,(H2,27,28,30,33). The Bertz CT molecular complexity index is 1220. The van der Waals surface area contributed by atoms with Gasteiger partial charge in [-0.2, -0.15) is 0 Å². The van der Waals surface area contributed by atoms with Gasteiger partial charge in [-0.3, -0.25) is 14.9 Å². The maximum absolute atomic E-state index is 12.6. The zero-order valence-corrected chi connectivity index (χ0v) is 20.5. The molecule has 0 saturated carbocycles. The van der Waals surface area contributed by atoms with Crippen LogP contribution in [0.25, 0.3) is 0 Å². The number of nitrogens with one attached hydrogen (secondary N) is 2. The second-order valence-corrected chi connectivity index (χ2v) is 9.04. The minimum Gasteiger partial charge on any atom is -0.482 e. The van der Waals surface area contributed by atoms with Gasteiger partial charge in [0.2, 0.25) is 0 Å². The van der Waals surface area contributed by atoms with Crippen LogP contribution in [0.5, 0.6) is 5.75 Å². The quantitative estimate of drug-likeness (QED) is 0.454. The van der Waals surface area contributed by atoms with E-state index in [0.717, 1.165) is 32.4 Å². The van der Waals surface area contributed by atoms with Crippen molar-refractivity contribution in [1.29, 1.82) is 0 Å². The van der Waals surface area contributed by atoms with Crippen molar-refractivity contribution in [2.45, 2.75) is 20.4 Å². The normalized spacial score (nSPS) is 12.3. The number of halogens is 1. The number of hydrogen-bond acceptors (Lipinski definition) is 4. The summed E-state index contributed by atoms with van der Waals surface area (Å²) in [6, 6.07) is 18.9. The first kappa shape index (κ1) is 22.9. The van der Waals surface area contributed by atoms with Crippen LogP contribution in [0.1, 0.15) is 27.0 Å². The minimum atomic E-state index is -0.364. The van der Waals surface area contributed by atoms with Crippen molar-refractivity contribution in [1.82, 2.24) is 5.32 Å². The molecule has 0 atom stereocenters. The van der Waals surface area contributed by atoms with Crippen LogP contribution in [0.3, 0.4) is 0 Å². The van der Waals surface area contributed by atoms with E-state index >= 15 is 0 Å². The molecular formula is C25H22BrN3O3S. The number of aryl methyl sites for hydroxylation is 2. The molecule has 3 aromatic carbocycles. The highest BCUT2D eigenvalue weighted by Crippen LogP contribution is 2.30. The van der Waals surface area contributed by atoms with Crippen LogP contribution in [0.15, 0.2) is 65.1 Å². The lowest BCUT2D eigenvalue weighted by Gasteiger charge is -2.17. The number of amides is 2. The number of benzene rings is 3. The van der Waals surface area contributed by atoms with E-state index in [0.29, 0.717) is 18.0 Å². The van der Waals surface area contributed by atoms with Gasteiger partial charge >= 0.3 is 0 Å². The molecule has 1 aliphatic rings. The van der Waals surface area contributed by atoms with E-state index in [9.17, 15) is 9.59 Å². The van der Waals surface area contributed by atoms with Crippen LogP contribution in [0.4, 0.5) is 11.4 Å². The predicted molar refractivity (Wildman–Crippen MR) is 137 cm³/mol. The fraction of sp³-hybridized carbons (Fsp3) is 0.160. The highest BCUT2D eigenvalue weighted by atomic mass is 79.9. The zero-order chi connectivity index (χ0) is 23.5. The Balaban J connectivity index is 1.30. The Labute approximate surface area is 206 Å². The third-order valence-electron chi connectivity index (χ3n) is 5.23. The Morgan fingerprint density at radius 2 is 1.85 bits per heavy atom. The van der Waals surface area contributed by atoms with Gasteiger partial charge in [-0.25, -0.2) is 0 Å². The lowest BCUT2D eigenvalue weighted by atomic mass is 10.1. The van der Waals surface area contributed by atoms with Crippen LogP contribution < -0.4 is 20.3 Å². The number of carbonyl (C=O) groups is 2. The fourth-order valence-corrected chi connectivity index (χ4v) is 4.76. The first-order valence-electron chi connectivity index (χ1n) is 10.3. The molecule has 2 amide bonds. The van der Waals surface area contributed by atoms with Crippen molar-refractivity contribution >= 4 is 56.4 Å². The second kappa shape index (κ2) is 9.72. The molecule has 0 fully saturated rings. The van der Waals surface area contributed by atoms with Crippen molar-refractivity contribution in [2.75, 3.05) is 16.8 Å². The van der Waals surface area contributed by atoms with Gasteiger partial charge in [-0.15, -0.1) is 0 Å². The number of ether oxygens (including phenoxy) is 1. The molecule has 0 unspecified atom stereocenters. The number of fused-ring (bicyclic) bond motifs is 1.